The van der Waals surface area contributed by atoms with Crippen molar-refractivity contribution >= 4 is 28.4 Å². The molecular formula is C18H19N5O. The fourth-order valence-electron chi connectivity index (χ4n) is 3.07. The van der Waals surface area contributed by atoms with Crippen molar-refractivity contribution in [1.29, 1.82) is 0 Å². The molecule has 0 saturated carbocycles. The Kier molecular flexibility index (Phi) is 3.65. The summed E-state index contributed by atoms with van der Waals surface area (Å²) in [6.07, 6.45) is 3.69. The summed E-state index contributed by atoms with van der Waals surface area (Å²) < 4.78 is 1.70. The topological polar surface area (TPSA) is 71.8 Å². The Morgan fingerprint density at radius 2 is 2.21 bits per heavy atom. The number of aromatic nitrogens is 3. The van der Waals surface area contributed by atoms with Gasteiger partial charge in [-0.1, -0.05) is 13.0 Å². The molecule has 2 N–H and O–H groups in total. The van der Waals surface area contributed by atoms with Crippen molar-refractivity contribution in [2.75, 3.05) is 17.2 Å². The van der Waals surface area contributed by atoms with Gasteiger partial charge in [0.25, 0.3) is 5.56 Å². The van der Waals surface area contributed by atoms with E-state index in [0.29, 0.717) is 18.1 Å². The summed E-state index contributed by atoms with van der Waals surface area (Å²) in [7, 11) is 0. The van der Waals surface area contributed by atoms with Crippen molar-refractivity contribution in [1.82, 2.24) is 14.5 Å². The summed E-state index contributed by atoms with van der Waals surface area (Å²) >= 11 is 0. The first-order valence-electron chi connectivity index (χ1n) is 8.25. The maximum Gasteiger partial charge on any atom is 0.252 e. The van der Waals surface area contributed by atoms with E-state index in [1.807, 2.05) is 13.0 Å². The average molecular weight is 321 g/mol. The van der Waals surface area contributed by atoms with Crippen molar-refractivity contribution in [2.24, 2.45) is 0 Å². The van der Waals surface area contributed by atoms with Crippen LogP contribution in [-0.4, -0.2) is 21.1 Å². The number of fused-ring (bicyclic) bond motifs is 2. The molecule has 0 fully saturated rings. The van der Waals surface area contributed by atoms with Gasteiger partial charge in [-0.15, -0.1) is 0 Å². The Labute approximate surface area is 139 Å². The minimum atomic E-state index is -0.0317. The zero-order chi connectivity index (χ0) is 16.5. The third kappa shape index (κ3) is 2.60. The number of rotatable bonds is 4. The Morgan fingerprint density at radius 3 is 3.08 bits per heavy atom. The lowest BCUT2D eigenvalue weighted by Crippen LogP contribution is -2.20. The van der Waals surface area contributed by atoms with Crippen LogP contribution in [-0.2, 0) is 13.0 Å². The molecule has 0 saturated heterocycles. The van der Waals surface area contributed by atoms with Crippen LogP contribution in [0.5, 0.6) is 0 Å². The van der Waals surface area contributed by atoms with E-state index in [-0.39, 0.29) is 5.56 Å². The quantitative estimate of drug-likeness (QED) is 0.773. The zero-order valence-electron chi connectivity index (χ0n) is 13.5. The van der Waals surface area contributed by atoms with Crippen molar-refractivity contribution in [2.45, 2.75) is 26.3 Å². The molecule has 4 rings (SSSR count). The highest BCUT2D eigenvalue weighted by Crippen LogP contribution is 2.26. The number of nitrogens with zero attached hydrogens (tertiary/aromatic N) is 3. The van der Waals surface area contributed by atoms with E-state index in [1.165, 1.54) is 5.56 Å². The Morgan fingerprint density at radius 1 is 1.29 bits per heavy atom. The molecule has 24 heavy (non-hydrogen) atoms. The van der Waals surface area contributed by atoms with Crippen molar-refractivity contribution in [3.8, 4) is 0 Å². The highest BCUT2D eigenvalue weighted by atomic mass is 16.1. The van der Waals surface area contributed by atoms with Gasteiger partial charge < -0.3 is 10.6 Å². The van der Waals surface area contributed by atoms with Gasteiger partial charge in [0.1, 0.15) is 5.65 Å². The summed E-state index contributed by atoms with van der Waals surface area (Å²) in [4.78, 5) is 21.0. The molecule has 0 spiro atoms. The molecule has 1 aliphatic rings. The molecule has 1 aromatic carbocycles. The standard InChI is InChI=1S/C18H19N5O/c1-2-9-23-16(24)6-4-13-11-20-18(22-17(13)23)21-14-5-3-12-7-8-19-15(12)10-14/h3-6,10-11,19H,2,7-9H2,1H3,(H,20,21,22). The first-order valence-corrected chi connectivity index (χ1v) is 8.25. The van der Waals surface area contributed by atoms with Crippen molar-refractivity contribution < 1.29 is 0 Å². The monoisotopic (exact) mass is 321 g/mol. The molecule has 3 aromatic rings. The number of benzene rings is 1. The molecule has 6 heteroatoms. The van der Waals surface area contributed by atoms with Gasteiger partial charge in [-0.2, -0.15) is 4.98 Å². The maximum absolute atomic E-state index is 12.1. The first-order chi connectivity index (χ1) is 11.7. The third-order valence-corrected chi connectivity index (χ3v) is 4.25. The smallest absolute Gasteiger partial charge is 0.252 e. The number of anilines is 3. The number of pyridine rings is 1. The molecule has 0 atom stereocenters. The van der Waals surface area contributed by atoms with Gasteiger partial charge in [0.2, 0.25) is 5.95 Å². The highest BCUT2D eigenvalue weighted by molar-refractivity contribution is 5.76. The second-order valence-corrected chi connectivity index (χ2v) is 5.97. The fraction of sp³-hybridized carbons (Fsp3) is 0.278. The predicted octanol–water partition coefficient (Wildman–Crippen LogP) is 2.91. The fourth-order valence-corrected chi connectivity index (χ4v) is 3.07. The molecule has 3 heterocycles. The summed E-state index contributed by atoms with van der Waals surface area (Å²) in [5.41, 5.74) is 4.06. The Bertz CT molecular complexity index is 963. The van der Waals surface area contributed by atoms with Gasteiger partial charge in [0.15, 0.2) is 0 Å². The van der Waals surface area contributed by atoms with Crippen LogP contribution in [0.4, 0.5) is 17.3 Å². The summed E-state index contributed by atoms with van der Waals surface area (Å²) in [6, 6.07) is 9.56. The second-order valence-electron chi connectivity index (χ2n) is 5.97. The molecule has 0 radical (unpaired) electrons. The van der Waals surface area contributed by atoms with Gasteiger partial charge in [-0.05, 0) is 36.6 Å². The van der Waals surface area contributed by atoms with Crippen LogP contribution in [0.1, 0.15) is 18.9 Å². The van der Waals surface area contributed by atoms with Crippen LogP contribution in [0, 0.1) is 0 Å². The molecule has 6 nitrogen and oxygen atoms in total. The molecule has 0 aliphatic carbocycles. The maximum atomic E-state index is 12.1. The molecule has 122 valence electrons. The molecule has 0 unspecified atom stereocenters. The van der Waals surface area contributed by atoms with Crippen LogP contribution in [0.3, 0.4) is 0 Å². The normalized spacial score (nSPS) is 12.9. The van der Waals surface area contributed by atoms with Crippen LogP contribution in [0.25, 0.3) is 11.0 Å². The number of hydrogen-bond donors (Lipinski definition) is 2. The van der Waals surface area contributed by atoms with Gasteiger partial charge >= 0.3 is 0 Å². The summed E-state index contributed by atoms with van der Waals surface area (Å²) in [6.45, 7) is 3.67. The van der Waals surface area contributed by atoms with E-state index in [4.69, 9.17) is 0 Å². The SMILES string of the molecule is CCCn1c(=O)ccc2cnc(Nc3ccc4c(c3)NCC4)nc21. The Balaban J connectivity index is 1.72. The van der Waals surface area contributed by atoms with E-state index in [0.717, 1.165) is 36.1 Å². The van der Waals surface area contributed by atoms with Gasteiger partial charge in [-0.3, -0.25) is 9.36 Å². The largest absolute Gasteiger partial charge is 0.384 e. The molecule has 1 aliphatic heterocycles. The van der Waals surface area contributed by atoms with Crippen molar-refractivity contribution in [3.63, 3.8) is 0 Å². The highest BCUT2D eigenvalue weighted by Gasteiger charge is 2.11. The van der Waals surface area contributed by atoms with Crippen LogP contribution >= 0.6 is 0 Å². The zero-order valence-corrected chi connectivity index (χ0v) is 13.5. The van der Waals surface area contributed by atoms with Gasteiger partial charge in [-0.25, -0.2) is 4.98 Å². The van der Waals surface area contributed by atoms with Crippen LogP contribution < -0.4 is 16.2 Å². The van der Waals surface area contributed by atoms with Crippen molar-refractivity contribution in [3.05, 3.63) is 52.4 Å². The Hall–Kier alpha value is -2.89. The predicted molar refractivity (Wildman–Crippen MR) is 96.0 cm³/mol. The van der Waals surface area contributed by atoms with E-state index < -0.39 is 0 Å². The number of aryl methyl sites for hydroxylation is 1. The van der Waals surface area contributed by atoms with E-state index in [2.05, 4.69) is 32.7 Å². The minimum absolute atomic E-state index is 0.0317. The second kappa shape index (κ2) is 5.96. The molecule has 0 bridgehead atoms. The van der Waals surface area contributed by atoms with Gasteiger partial charge in [0.05, 0.1) is 0 Å². The van der Waals surface area contributed by atoms with E-state index in [1.54, 1.807) is 22.9 Å². The minimum Gasteiger partial charge on any atom is -0.384 e. The van der Waals surface area contributed by atoms with Crippen LogP contribution in [0.15, 0.2) is 41.3 Å². The number of nitrogens with one attached hydrogen (secondary N) is 2. The first kappa shape index (κ1) is 14.7. The molecular weight excluding hydrogens is 302 g/mol. The summed E-state index contributed by atoms with van der Waals surface area (Å²) in [5, 5.41) is 7.46. The van der Waals surface area contributed by atoms with Crippen LogP contribution in [0.2, 0.25) is 0 Å². The van der Waals surface area contributed by atoms with E-state index >= 15 is 0 Å². The molecule has 2 aromatic heterocycles. The lowest BCUT2D eigenvalue weighted by molar-refractivity contribution is 0.671. The lowest BCUT2D eigenvalue weighted by Gasteiger charge is -2.10. The average Bonchev–Trinajstić information content (AvgIpc) is 3.05. The lowest BCUT2D eigenvalue weighted by atomic mass is 10.1. The molecule has 0 amide bonds. The summed E-state index contributed by atoms with van der Waals surface area (Å²) in [5.74, 6) is 0.496. The van der Waals surface area contributed by atoms with Gasteiger partial charge in [0, 0.05) is 42.1 Å². The third-order valence-electron chi connectivity index (χ3n) is 4.25. The number of hydrogen-bond acceptors (Lipinski definition) is 5. The van der Waals surface area contributed by atoms with E-state index in [9.17, 15) is 4.79 Å².